The number of carboxylic acid groups (broad SMARTS) is 1. The predicted molar refractivity (Wildman–Crippen MR) is 65.8 cm³/mol. The summed E-state index contributed by atoms with van der Waals surface area (Å²) in [5.41, 5.74) is 0.151. The fourth-order valence-corrected chi connectivity index (χ4v) is 1.64. The lowest BCUT2D eigenvalue weighted by Crippen LogP contribution is -2.24. The summed E-state index contributed by atoms with van der Waals surface area (Å²) < 4.78 is 7.33. The summed E-state index contributed by atoms with van der Waals surface area (Å²) in [5.74, 6) is -0.749. The monoisotopic (exact) mass is 249 g/mol. The topological polar surface area (TPSA) is 77.2 Å². The number of hydrogen-bond acceptors (Lipinski definition) is 4. The van der Waals surface area contributed by atoms with Crippen LogP contribution in [-0.2, 0) is 7.05 Å². The van der Waals surface area contributed by atoms with Crippen LogP contribution >= 0.6 is 0 Å². The van der Waals surface area contributed by atoms with Gasteiger partial charge in [0.05, 0.1) is 11.6 Å². The second kappa shape index (κ2) is 3.97. The Bertz CT molecular complexity index is 611. The Balaban J connectivity index is 2.70. The van der Waals surface area contributed by atoms with Crippen molar-refractivity contribution in [3.05, 3.63) is 18.0 Å². The molecule has 0 amide bonds. The lowest BCUT2D eigenvalue weighted by molar-refractivity contribution is 0.0682. The van der Waals surface area contributed by atoms with Crippen molar-refractivity contribution >= 4 is 17.0 Å². The lowest BCUT2D eigenvalue weighted by Gasteiger charge is -2.22. The smallest absolute Gasteiger partial charge is 0.341 e. The average molecular weight is 249 g/mol. The molecule has 0 aromatic carbocycles. The van der Waals surface area contributed by atoms with E-state index in [4.69, 9.17) is 4.74 Å². The first kappa shape index (κ1) is 12.3. The van der Waals surface area contributed by atoms with Gasteiger partial charge in [-0.25, -0.2) is 9.78 Å². The van der Waals surface area contributed by atoms with Crippen LogP contribution in [0.5, 0.6) is 5.75 Å². The number of rotatable bonds is 2. The van der Waals surface area contributed by atoms with Crippen molar-refractivity contribution in [3.8, 4) is 5.75 Å². The Hall–Kier alpha value is -2.11. The number of aryl methyl sites for hydroxylation is 1. The first-order valence-electron chi connectivity index (χ1n) is 5.52. The minimum absolute atomic E-state index is 0.0467. The van der Waals surface area contributed by atoms with Crippen molar-refractivity contribution in [1.82, 2.24) is 14.8 Å². The Morgan fingerprint density at radius 2 is 2.06 bits per heavy atom. The van der Waals surface area contributed by atoms with E-state index in [2.05, 4.69) is 10.1 Å². The van der Waals surface area contributed by atoms with Crippen LogP contribution in [-0.4, -0.2) is 31.4 Å². The number of ether oxygens (including phenoxy) is 1. The molecule has 0 saturated carbocycles. The molecule has 96 valence electrons. The second-order valence-electron chi connectivity index (χ2n) is 5.03. The lowest BCUT2D eigenvalue weighted by atomic mass is 10.1. The highest BCUT2D eigenvalue weighted by atomic mass is 16.5. The van der Waals surface area contributed by atoms with Gasteiger partial charge < -0.3 is 9.84 Å². The van der Waals surface area contributed by atoms with Gasteiger partial charge in [-0.05, 0) is 20.8 Å². The van der Waals surface area contributed by atoms with Crippen LogP contribution in [0.4, 0.5) is 0 Å². The Morgan fingerprint density at radius 3 is 2.61 bits per heavy atom. The number of carbonyl (C=O) groups is 1. The summed E-state index contributed by atoms with van der Waals surface area (Å²) in [7, 11) is 1.75. The Kier molecular flexibility index (Phi) is 2.73. The van der Waals surface area contributed by atoms with Crippen LogP contribution in [0, 0.1) is 0 Å². The van der Waals surface area contributed by atoms with Crippen molar-refractivity contribution < 1.29 is 14.6 Å². The van der Waals surface area contributed by atoms with Crippen LogP contribution in [0.3, 0.4) is 0 Å². The van der Waals surface area contributed by atoms with Gasteiger partial charge in [0.2, 0.25) is 0 Å². The molecule has 0 aliphatic heterocycles. The van der Waals surface area contributed by atoms with Gasteiger partial charge in [-0.1, -0.05) is 0 Å². The van der Waals surface area contributed by atoms with E-state index in [1.54, 1.807) is 17.9 Å². The molecule has 0 aliphatic carbocycles. The Morgan fingerprint density at radius 1 is 1.39 bits per heavy atom. The molecule has 2 aromatic rings. The third kappa shape index (κ3) is 2.13. The van der Waals surface area contributed by atoms with Gasteiger partial charge in [-0.15, -0.1) is 0 Å². The summed E-state index contributed by atoms with van der Waals surface area (Å²) in [6.45, 7) is 5.59. The highest BCUT2D eigenvalue weighted by molar-refractivity contribution is 5.97. The SMILES string of the molecule is Cn1ncc2c(OC(C)(C)C)c(C(=O)O)cnc21. The van der Waals surface area contributed by atoms with E-state index < -0.39 is 11.6 Å². The summed E-state index contributed by atoms with van der Waals surface area (Å²) in [4.78, 5) is 15.3. The molecule has 6 heteroatoms. The maximum atomic E-state index is 11.2. The van der Waals surface area contributed by atoms with E-state index in [1.165, 1.54) is 6.20 Å². The molecule has 18 heavy (non-hydrogen) atoms. The molecule has 2 rings (SSSR count). The molecule has 6 nitrogen and oxygen atoms in total. The van der Waals surface area contributed by atoms with Crippen molar-refractivity contribution in [2.24, 2.45) is 7.05 Å². The molecule has 0 spiro atoms. The molecule has 0 bridgehead atoms. The van der Waals surface area contributed by atoms with E-state index in [9.17, 15) is 9.90 Å². The normalized spacial score (nSPS) is 11.8. The minimum Gasteiger partial charge on any atom is -0.486 e. The van der Waals surface area contributed by atoms with Crippen LogP contribution in [0.25, 0.3) is 11.0 Å². The molecule has 2 aromatic heterocycles. The minimum atomic E-state index is -1.06. The van der Waals surface area contributed by atoms with Gasteiger partial charge >= 0.3 is 5.97 Å². The number of aromatic carboxylic acids is 1. The molecule has 0 unspecified atom stereocenters. The van der Waals surface area contributed by atoms with Gasteiger partial charge in [0.1, 0.15) is 16.9 Å². The largest absolute Gasteiger partial charge is 0.486 e. The van der Waals surface area contributed by atoms with Crippen LogP contribution in [0.1, 0.15) is 31.1 Å². The molecule has 0 aliphatic rings. The zero-order valence-corrected chi connectivity index (χ0v) is 10.8. The Labute approximate surface area is 104 Å². The third-order valence-electron chi connectivity index (χ3n) is 2.35. The number of aromatic nitrogens is 3. The zero-order chi connectivity index (χ0) is 13.5. The molecule has 0 saturated heterocycles. The van der Waals surface area contributed by atoms with Crippen LogP contribution < -0.4 is 4.74 Å². The first-order chi connectivity index (χ1) is 8.29. The summed E-state index contributed by atoms with van der Waals surface area (Å²) in [6, 6.07) is 0. The van der Waals surface area contributed by atoms with Crippen molar-refractivity contribution in [2.45, 2.75) is 26.4 Å². The second-order valence-corrected chi connectivity index (χ2v) is 5.03. The summed E-state index contributed by atoms with van der Waals surface area (Å²) in [5, 5.41) is 13.9. The third-order valence-corrected chi connectivity index (χ3v) is 2.35. The molecule has 0 fully saturated rings. The van der Waals surface area contributed by atoms with Gasteiger partial charge in [0.25, 0.3) is 0 Å². The van der Waals surface area contributed by atoms with E-state index >= 15 is 0 Å². The van der Waals surface area contributed by atoms with E-state index in [0.717, 1.165) is 0 Å². The summed E-state index contributed by atoms with van der Waals surface area (Å²) in [6.07, 6.45) is 2.86. The fraction of sp³-hybridized carbons (Fsp3) is 0.417. The van der Waals surface area contributed by atoms with Crippen molar-refractivity contribution in [3.63, 3.8) is 0 Å². The van der Waals surface area contributed by atoms with Gasteiger partial charge in [0, 0.05) is 13.2 Å². The zero-order valence-electron chi connectivity index (χ0n) is 10.8. The number of carboxylic acids is 1. The fourth-order valence-electron chi connectivity index (χ4n) is 1.64. The highest BCUT2D eigenvalue weighted by Gasteiger charge is 2.22. The highest BCUT2D eigenvalue weighted by Crippen LogP contribution is 2.30. The standard InChI is InChI=1S/C12H15N3O3/c1-12(2,3)18-9-7-6-14-15(4)10(7)13-5-8(9)11(16)17/h5-6H,1-4H3,(H,16,17). The van der Waals surface area contributed by atoms with E-state index in [1.807, 2.05) is 20.8 Å². The number of fused-ring (bicyclic) bond motifs is 1. The van der Waals surface area contributed by atoms with Crippen molar-refractivity contribution in [1.29, 1.82) is 0 Å². The average Bonchev–Trinajstić information content (AvgIpc) is 2.59. The number of hydrogen-bond donors (Lipinski definition) is 1. The molecule has 1 N–H and O–H groups in total. The maximum Gasteiger partial charge on any atom is 0.341 e. The van der Waals surface area contributed by atoms with Gasteiger partial charge in [-0.3, -0.25) is 4.68 Å². The first-order valence-corrected chi connectivity index (χ1v) is 5.52. The summed E-state index contributed by atoms with van der Waals surface area (Å²) >= 11 is 0. The number of pyridine rings is 1. The van der Waals surface area contributed by atoms with Gasteiger partial charge in [-0.2, -0.15) is 5.10 Å². The van der Waals surface area contributed by atoms with E-state index in [0.29, 0.717) is 16.8 Å². The predicted octanol–water partition coefficient (Wildman–Crippen LogP) is 1.84. The van der Waals surface area contributed by atoms with Gasteiger partial charge in [0.15, 0.2) is 5.65 Å². The maximum absolute atomic E-state index is 11.2. The van der Waals surface area contributed by atoms with Crippen LogP contribution in [0.2, 0.25) is 0 Å². The molecule has 0 radical (unpaired) electrons. The van der Waals surface area contributed by atoms with Crippen LogP contribution in [0.15, 0.2) is 12.4 Å². The van der Waals surface area contributed by atoms with Crippen molar-refractivity contribution in [2.75, 3.05) is 0 Å². The quantitative estimate of drug-likeness (QED) is 0.878. The van der Waals surface area contributed by atoms with E-state index in [-0.39, 0.29) is 5.56 Å². The molecular weight excluding hydrogens is 234 g/mol. The molecule has 0 atom stereocenters. The number of nitrogens with zero attached hydrogens (tertiary/aromatic N) is 3. The molecule has 2 heterocycles. The molecular formula is C12H15N3O3.